The lowest BCUT2D eigenvalue weighted by atomic mass is 9.77. The van der Waals surface area contributed by atoms with Crippen LogP contribution in [0.2, 0.25) is 5.02 Å². The van der Waals surface area contributed by atoms with Gasteiger partial charge in [0.05, 0.1) is 24.3 Å². The van der Waals surface area contributed by atoms with Gasteiger partial charge in [-0.1, -0.05) is 61.2 Å². The number of halogens is 1. The van der Waals surface area contributed by atoms with E-state index in [0.29, 0.717) is 17.3 Å². The van der Waals surface area contributed by atoms with Crippen LogP contribution >= 0.6 is 11.6 Å². The predicted octanol–water partition coefficient (Wildman–Crippen LogP) is 4.09. The number of benzene rings is 2. The maximum absolute atomic E-state index is 14.0. The summed E-state index contributed by atoms with van der Waals surface area (Å²) in [6.45, 7) is 5.78. The number of ether oxygens (including phenoxy) is 2. The molecule has 1 atom stereocenters. The standard InChI is InChI=1S/C32H41ClN4O5/c1-4-37(29(39)26(35-30(40)31(2,3)34)21-41-20-22-11-7-5-8-12-22)19-25-27(42-24-15-13-23(33)14-16-24)28(38)36-32(25)17-9-6-10-18-32/h5,7-8,11-16,26H,4,6,9-10,17-21,34H2,1-3H3,(H,35,40)(H,36,38)/t26-/m1/s1. The molecule has 4 rings (SSSR count). The molecule has 2 aromatic carbocycles. The molecule has 42 heavy (non-hydrogen) atoms. The molecule has 10 heteroatoms. The number of rotatable bonds is 12. The molecule has 1 aliphatic carbocycles. The molecule has 2 aliphatic rings. The Kier molecular flexibility index (Phi) is 10.3. The summed E-state index contributed by atoms with van der Waals surface area (Å²) in [6.07, 6.45) is 4.51. The fourth-order valence-electron chi connectivity index (χ4n) is 5.38. The number of nitrogens with zero attached hydrogens (tertiary/aromatic N) is 1. The number of nitrogens with one attached hydrogen (secondary N) is 2. The van der Waals surface area contributed by atoms with Gasteiger partial charge < -0.3 is 30.7 Å². The first kappa shape index (κ1) is 31.5. The van der Waals surface area contributed by atoms with Crippen molar-refractivity contribution in [1.29, 1.82) is 0 Å². The second-order valence-corrected chi connectivity index (χ2v) is 12.0. The minimum atomic E-state index is -1.19. The van der Waals surface area contributed by atoms with Crippen LogP contribution in [-0.2, 0) is 25.7 Å². The van der Waals surface area contributed by atoms with Gasteiger partial charge in [-0.2, -0.15) is 0 Å². The van der Waals surface area contributed by atoms with Crippen LogP contribution in [0.4, 0.5) is 0 Å². The van der Waals surface area contributed by atoms with E-state index in [0.717, 1.165) is 43.2 Å². The molecule has 0 saturated heterocycles. The average molecular weight is 597 g/mol. The molecule has 1 saturated carbocycles. The summed E-state index contributed by atoms with van der Waals surface area (Å²) in [4.78, 5) is 41.9. The zero-order chi connectivity index (χ0) is 30.3. The summed E-state index contributed by atoms with van der Waals surface area (Å²) in [7, 11) is 0. The molecular weight excluding hydrogens is 556 g/mol. The van der Waals surface area contributed by atoms with Gasteiger partial charge in [-0.15, -0.1) is 0 Å². The van der Waals surface area contributed by atoms with E-state index in [-0.39, 0.29) is 37.3 Å². The number of likely N-dealkylation sites (N-methyl/N-ethyl adjacent to an activating group) is 1. The van der Waals surface area contributed by atoms with E-state index in [9.17, 15) is 14.4 Å². The monoisotopic (exact) mass is 596 g/mol. The largest absolute Gasteiger partial charge is 0.451 e. The number of amides is 3. The third-order valence-corrected chi connectivity index (χ3v) is 8.03. The topological polar surface area (TPSA) is 123 Å². The third kappa shape index (κ3) is 7.70. The molecule has 1 aliphatic heterocycles. The van der Waals surface area contributed by atoms with Gasteiger partial charge in [-0.3, -0.25) is 14.4 Å². The molecule has 3 amide bonds. The quantitative estimate of drug-likeness (QED) is 0.339. The second-order valence-electron chi connectivity index (χ2n) is 11.6. The minimum absolute atomic E-state index is 0.0401. The van der Waals surface area contributed by atoms with E-state index in [4.69, 9.17) is 26.8 Å². The van der Waals surface area contributed by atoms with Crippen molar-refractivity contribution in [3.8, 4) is 5.75 Å². The van der Waals surface area contributed by atoms with E-state index in [2.05, 4.69) is 10.6 Å². The van der Waals surface area contributed by atoms with E-state index in [1.54, 1.807) is 43.0 Å². The Labute approximate surface area is 252 Å². The summed E-state index contributed by atoms with van der Waals surface area (Å²) in [6, 6.07) is 15.4. The first-order chi connectivity index (χ1) is 20.0. The fraction of sp³-hybridized carbons (Fsp3) is 0.469. The third-order valence-electron chi connectivity index (χ3n) is 7.78. The highest BCUT2D eigenvalue weighted by atomic mass is 35.5. The molecule has 4 N–H and O–H groups in total. The Morgan fingerprint density at radius 1 is 1.10 bits per heavy atom. The second kappa shape index (κ2) is 13.7. The van der Waals surface area contributed by atoms with Crippen LogP contribution in [0, 0.1) is 0 Å². The first-order valence-corrected chi connectivity index (χ1v) is 14.9. The van der Waals surface area contributed by atoms with Crippen LogP contribution in [-0.4, -0.2) is 59.4 Å². The van der Waals surface area contributed by atoms with E-state index >= 15 is 0 Å². The van der Waals surface area contributed by atoms with Crippen molar-refractivity contribution >= 4 is 29.3 Å². The SMILES string of the molecule is CCN(CC1=C(Oc2ccc(Cl)cc2)C(=O)NC12CCCCC2)C(=O)[C@@H](COCc1ccccc1)NC(=O)C(C)(C)N. The van der Waals surface area contributed by atoms with Gasteiger partial charge in [0.1, 0.15) is 11.8 Å². The molecule has 0 bridgehead atoms. The highest BCUT2D eigenvalue weighted by Crippen LogP contribution is 2.40. The lowest BCUT2D eigenvalue weighted by Gasteiger charge is -2.38. The molecule has 1 spiro atoms. The molecule has 0 radical (unpaired) electrons. The van der Waals surface area contributed by atoms with Gasteiger partial charge in [-0.25, -0.2) is 0 Å². The van der Waals surface area contributed by atoms with Gasteiger partial charge in [0, 0.05) is 23.7 Å². The smallest absolute Gasteiger partial charge is 0.287 e. The summed E-state index contributed by atoms with van der Waals surface area (Å²) in [5.41, 5.74) is 5.95. The summed E-state index contributed by atoms with van der Waals surface area (Å²) >= 11 is 6.05. The van der Waals surface area contributed by atoms with Gasteiger partial charge in [0.2, 0.25) is 11.8 Å². The van der Waals surface area contributed by atoms with Gasteiger partial charge in [-0.05, 0) is 63.4 Å². The van der Waals surface area contributed by atoms with Crippen molar-refractivity contribution in [1.82, 2.24) is 15.5 Å². The maximum atomic E-state index is 14.0. The van der Waals surface area contributed by atoms with E-state index < -0.39 is 23.0 Å². The van der Waals surface area contributed by atoms with Crippen LogP contribution in [0.3, 0.4) is 0 Å². The highest BCUT2D eigenvalue weighted by molar-refractivity contribution is 6.30. The lowest BCUT2D eigenvalue weighted by Crippen LogP contribution is -2.58. The number of nitrogens with two attached hydrogens (primary N) is 1. The van der Waals surface area contributed by atoms with Crippen molar-refractivity contribution in [3.63, 3.8) is 0 Å². The van der Waals surface area contributed by atoms with Crippen LogP contribution in [0.5, 0.6) is 5.75 Å². The highest BCUT2D eigenvalue weighted by Gasteiger charge is 2.48. The van der Waals surface area contributed by atoms with E-state index in [1.807, 2.05) is 37.3 Å². The minimum Gasteiger partial charge on any atom is -0.451 e. The Hall–Kier alpha value is -3.40. The van der Waals surface area contributed by atoms with Crippen LogP contribution in [0.25, 0.3) is 0 Å². The molecule has 1 heterocycles. The summed E-state index contributed by atoms with van der Waals surface area (Å²) in [5.74, 6) is -0.408. The van der Waals surface area contributed by atoms with Gasteiger partial charge in [0.25, 0.3) is 5.91 Å². The maximum Gasteiger partial charge on any atom is 0.287 e. The summed E-state index contributed by atoms with van der Waals surface area (Å²) in [5, 5.41) is 6.54. The number of hydrogen-bond donors (Lipinski definition) is 3. The van der Waals surface area contributed by atoms with Crippen molar-refractivity contribution in [2.45, 2.75) is 76.6 Å². The van der Waals surface area contributed by atoms with Gasteiger partial charge in [0.15, 0.2) is 5.76 Å². The van der Waals surface area contributed by atoms with Crippen LogP contribution < -0.4 is 21.1 Å². The Morgan fingerprint density at radius 2 is 1.76 bits per heavy atom. The molecule has 226 valence electrons. The summed E-state index contributed by atoms with van der Waals surface area (Å²) < 4.78 is 12.1. The van der Waals surface area contributed by atoms with Gasteiger partial charge >= 0.3 is 0 Å². The van der Waals surface area contributed by atoms with Crippen molar-refractivity contribution in [2.75, 3.05) is 19.7 Å². The fourth-order valence-corrected chi connectivity index (χ4v) is 5.51. The molecule has 1 fully saturated rings. The molecular formula is C32H41ClN4O5. The van der Waals surface area contributed by atoms with E-state index in [1.165, 1.54) is 0 Å². The number of carbonyl (C=O) groups excluding carboxylic acids is 3. The first-order valence-electron chi connectivity index (χ1n) is 14.5. The molecule has 0 unspecified atom stereocenters. The van der Waals surface area contributed by atoms with Crippen molar-refractivity contribution in [3.05, 3.63) is 76.5 Å². The zero-order valence-electron chi connectivity index (χ0n) is 24.6. The molecule has 2 aromatic rings. The molecule has 0 aromatic heterocycles. The van der Waals surface area contributed by atoms with Crippen molar-refractivity contribution in [2.24, 2.45) is 5.73 Å². The van der Waals surface area contributed by atoms with Crippen LogP contribution in [0.15, 0.2) is 65.9 Å². The Morgan fingerprint density at radius 3 is 2.38 bits per heavy atom. The lowest BCUT2D eigenvalue weighted by molar-refractivity contribution is -0.139. The Balaban J connectivity index is 1.61. The van der Waals surface area contributed by atoms with Crippen LogP contribution in [0.1, 0.15) is 58.4 Å². The normalized spacial score (nSPS) is 17.1. The molecule has 9 nitrogen and oxygen atoms in total. The number of hydrogen-bond acceptors (Lipinski definition) is 6. The zero-order valence-corrected chi connectivity index (χ0v) is 25.3. The predicted molar refractivity (Wildman–Crippen MR) is 162 cm³/mol. The Bertz CT molecular complexity index is 1280. The van der Waals surface area contributed by atoms with Crippen molar-refractivity contribution < 1.29 is 23.9 Å². The number of carbonyl (C=O) groups is 3. The average Bonchev–Trinajstić information content (AvgIpc) is 3.20.